The van der Waals surface area contributed by atoms with E-state index < -0.39 is 0 Å². The van der Waals surface area contributed by atoms with Gasteiger partial charge in [0.25, 0.3) is 5.91 Å². The molecule has 1 atom stereocenters. The topological polar surface area (TPSA) is 54.7 Å². The van der Waals surface area contributed by atoms with E-state index in [-0.39, 0.29) is 5.91 Å². The molecule has 1 fully saturated rings. The molecule has 5 nitrogen and oxygen atoms in total. The summed E-state index contributed by atoms with van der Waals surface area (Å²) in [7, 11) is 1.93. The summed E-state index contributed by atoms with van der Waals surface area (Å²) >= 11 is 3.39. The number of piperidine rings is 1. The second kappa shape index (κ2) is 7.85. The highest BCUT2D eigenvalue weighted by Gasteiger charge is 2.25. The lowest BCUT2D eigenvalue weighted by atomic mass is 10.1. The predicted octanol–water partition coefficient (Wildman–Crippen LogP) is 3.45. The third kappa shape index (κ3) is 4.19. The normalized spacial score (nSPS) is 17.8. The number of carbonyl (C=O) groups excluding carboxylic acids is 1. The number of carbonyl (C=O) groups is 1. The highest BCUT2D eigenvalue weighted by Crippen LogP contribution is 2.19. The molecule has 6 heteroatoms. The van der Waals surface area contributed by atoms with Crippen molar-refractivity contribution in [1.82, 2.24) is 10.2 Å². The molecular weight excluding hydrogens is 372 g/mol. The number of hydrogen-bond acceptors (Lipinski definition) is 4. The van der Waals surface area contributed by atoms with Gasteiger partial charge >= 0.3 is 0 Å². The molecule has 0 radical (unpaired) electrons. The van der Waals surface area contributed by atoms with E-state index in [0.717, 1.165) is 36.2 Å². The number of ether oxygens (including phenoxy) is 1. The Morgan fingerprint density at radius 2 is 2.12 bits per heavy atom. The van der Waals surface area contributed by atoms with Crippen molar-refractivity contribution < 1.29 is 13.9 Å². The van der Waals surface area contributed by atoms with Crippen molar-refractivity contribution in [1.29, 1.82) is 0 Å². The summed E-state index contributed by atoms with van der Waals surface area (Å²) in [6.45, 7) is 1.80. The second-order valence-electron chi connectivity index (χ2n) is 5.89. The fraction of sp³-hybridized carbons (Fsp3) is 0.389. The number of amides is 1. The van der Waals surface area contributed by atoms with Gasteiger partial charge < -0.3 is 19.4 Å². The van der Waals surface area contributed by atoms with Gasteiger partial charge in [0.2, 0.25) is 0 Å². The first-order valence-electron chi connectivity index (χ1n) is 8.09. The van der Waals surface area contributed by atoms with Crippen LogP contribution < -0.4 is 10.1 Å². The van der Waals surface area contributed by atoms with Gasteiger partial charge in [0.05, 0.1) is 0 Å². The maximum absolute atomic E-state index is 12.5. The summed E-state index contributed by atoms with van der Waals surface area (Å²) < 4.78 is 12.3. The molecule has 2 aromatic rings. The van der Waals surface area contributed by atoms with Crippen molar-refractivity contribution in [2.75, 3.05) is 20.1 Å². The van der Waals surface area contributed by atoms with E-state index in [1.165, 1.54) is 0 Å². The predicted molar refractivity (Wildman–Crippen MR) is 95.2 cm³/mol. The van der Waals surface area contributed by atoms with Gasteiger partial charge in [0.1, 0.15) is 18.1 Å². The van der Waals surface area contributed by atoms with Gasteiger partial charge in [0, 0.05) is 23.6 Å². The van der Waals surface area contributed by atoms with Crippen LogP contribution in [0.2, 0.25) is 0 Å². The van der Waals surface area contributed by atoms with Gasteiger partial charge in [-0.1, -0.05) is 15.9 Å². The fourth-order valence-corrected chi connectivity index (χ4v) is 3.07. The lowest BCUT2D eigenvalue weighted by Gasteiger charge is -2.31. The minimum Gasteiger partial charge on any atom is -0.486 e. The molecule has 1 aromatic heterocycles. The van der Waals surface area contributed by atoms with Crippen molar-refractivity contribution in [3.63, 3.8) is 0 Å². The third-order valence-electron chi connectivity index (χ3n) is 4.18. The van der Waals surface area contributed by atoms with Crippen molar-refractivity contribution in [3.8, 4) is 5.75 Å². The highest BCUT2D eigenvalue weighted by atomic mass is 79.9. The number of halogens is 1. The fourth-order valence-electron chi connectivity index (χ4n) is 2.81. The minimum absolute atomic E-state index is 0.0511. The standard InChI is InChI=1S/C18H21BrN2O3/c1-20-14-3-2-10-21(11-14)18(22)17-9-8-16(24-17)12-23-15-6-4-13(19)5-7-15/h4-9,14,20H,2-3,10-12H2,1H3. The molecule has 0 bridgehead atoms. The van der Waals surface area contributed by atoms with Crippen LogP contribution in [0, 0.1) is 0 Å². The monoisotopic (exact) mass is 392 g/mol. The van der Waals surface area contributed by atoms with Crippen LogP contribution in [-0.2, 0) is 6.61 Å². The molecule has 0 spiro atoms. The number of furan rings is 1. The number of benzene rings is 1. The largest absolute Gasteiger partial charge is 0.486 e. The smallest absolute Gasteiger partial charge is 0.289 e. The molecule has 24 heavy (non-hydrogen) atoms. The Kier molecular flexibility index (Phi) is 5.58. The Morgan fingerprint density at radius 3 is 2.88 bits per heavy atom. The molecule has 1 aliphatic heterocycles. The average Bonchev–Trinajstić information content (AvgIpc) is 3.09. The van der Waals surface area contributed by atoms with Crippen LogP contribution >= 0.6 is 15.9 Å². The highest BCUT2D eigenvalue weighted by molar-refractivity contribution is 9.10. The summed E-state index contributed by atoms with van der Waals surface area (Å²) in [5.41, 5.74) is 0. The molecule has 1 amide bonds. The van der Waals surface area contributed by atoms with Crippen LogP contribution in [0.5, 0.6) is 5.75 Å². The number of hydrogen-bond donors (Lipinski definition) is 1. The quantitative estimate of drug-likeness (QED) is 0.846. The zero-order valence-corrected chi connectivity index (χ0v) is 15.2. The molecule has 2 heterocycles. The third-order valence-corrected chi connectivity index (χ3v) is 4.71. The van der Waals surface area contributed by atoms with E-state index in [0.29, 0.717) is 24.2 Å². The zero-order valence-electron chi connectivity index (χ0n) is 13.6. The van der Waals surface area contributed by atoms with Gasteiger partial charge in [0.15, 0.2) is 5.76 Å². The minimum atomic E-state index is -0.0511. The molecule has 0 saturated carbocycles. The van der Waals surface area contributed by atoms with Crippen LogP contribution in [0.15, 0.2) is 45.3 Å². The summed E-state index contributed by atoms with van der Waals surface area (Å²) in [5, 5.41) is 3.24. The molecule has 3 rings (SSSR count). The van der Waals surface area contributed by atoms with E-state index in [9.17, 15) is 4.79 Å². The number of likely N-dealkylation sites (tertiary alicyclic amines) is 1. The number of nitrogens with zero attached hydrogens (tertiary/aromatic N) is 1. The van der Waals surface area contributed by atoms with Crippen molar-refractivity contribution in [3.05, 3.63) is 52.4 Å². The Balaban J connectivity index is 1.58. The Bertz CT molecular complexity index is 684. The molecule has 1 unspecified atom stereocenters. The molecule has 1 aliphatic rings. The first-order chi connectivity index (χ1) is 11.7. The SMILES string of the molecule is CNC1CCCN(C(=O)c2ccc(COc3ccc(Br)cc3)o2)C1. The Morgan fingerprint density at radius 1 is 1.33 bits per heavy atom. The lowest BCUT2D eigenvalue weighted by Crippen LogP contribution is -2.46. The Hall–Kier alpha value is -1.79. The first kappa shape index (κ1) is 17.0. The van der Waals surface area contributed by atoms with Crippen molar-refractivity contribution in [2.24, 2.45) is 0 Å². The number of likely N-dealkylation sites (N-methyl/N-ethyl adjacent to an activating group) is 1. The van der Waals surface area contributed by atoms with E-state index >= 15 is 0 Å². The zero-order chi connectivity index (χ0) is 16.9. The van der Waals surface area contributed by atoms with Crippen molar-refractivity contribution >= 4 is 21.8 Å². The van der Waals surface area contributed by atoms with E-state index in [1.54, 1.807) is 12.1 Å². The maximum atomic E-state index is 12.5. The van der Waals surface area contributed by atoms with Crippen molar-refractivity contribution in [2.45, 2.75) is 25.5 Å². The van der Waals surface area contributed by atoms with Crippen LogP contribution in [0.3, 0.4) is 0 Å². The molecule has 128 valence electrons. The lowest BCUT2D eigenvalue weighted by molar-refractivity contribution is 0.0662. The number of rotatable bonds is 5. The van der Waals surface area contributed by atoms with Gasteiger partial charge in [-0.3, -0.25) is 4.79 Å². The van der Waals surface area contributed by atoms with Gasteiger partial charge in [-0.2, -0.15) is 0 Å². The van der Waals surface area contributed by atoms with E-state index in [1.807, 2.05) is 36.2 Å². The van der Waals surface area contributed by atoms with Crippen LogP contribution in [-0.4, -0.2) is 37.0 Å². The van der Waals surface area contributed by atoms with Gasteiger partial charge in [-0.15, -0.1) is 0 Å². The summed E-state index contributed by atoms with van der Waals surface area (Å²) in [4.78, 5) is 14.4. The molecule has 1 aromatic carbocycles. The maximum Gasteiger partial charge on any atom is 0.289 e. The van der Waals surface area contributed by atoms with Crippen LogP contribution in [0.1, 0.15) is 29.2 Å². The number of nitrogens with one attached hydrogen (secondary N) is 1. The van der Waals surface area contributed by atoms with E-state index in [4.69, 9.17) is 9.15 Å². The summed E-state index contributed by atoms with van der Waals surface area (Å²) in [6, 6.07) is 11.5. The van der Waals surface area contributed by atoms with Crippen LogP contribution in [0.25, 0.3) is 0 Å². The molecule has 1 N–H and O–H groups in total. The van der Waals surface area contributed by atoms with E-state index in [2.05, 4.69) is 21.2 Å². The average molecular weight is 393 g/mol. The van der Waals surface area contributed by atoms with Gasteiger partial charge in [-0.05, 0) is 56.3 Å². The summed E-state index contributed by atoms with van der Waals surface area (Å²) in [5.74, 6) is 1.73. The molecule has 0 aliphatic carbocycles. The molecular formula is C18H21BrN2O3. The molecule has 1 saturated heterocycles. The first-order valence-corrected chi connectivity index (χ1v) is 8.88. The Labute approximate surface area is 150 Å². The van der Waals surface area contributed by atoms with Gasteiger partial charge in [-0.25, -0.2) is 0 Å². The van der Waals surface area contributed by atoms with Crippen LogP contribution in [0.4, 0.5) is 0 Å². The summed E-state index contributed by atoms with van der Waals surface area (Å²) in [6.07, 6.45) is 2.11. The second-order valence-corrected chi connectivity index (χ2v) is 6.80.